The summed E-state index contributed by atoms with van der Waals surface area (Å²) in [6, 6.07) is 0. The van der Waals surface area contributed by atoms with Crippen molar-refractivity contribution in [3.8, 4) is 0 Å². The fourth-order valence-corrected chi connectivity index (χ4v) is 9.14. The monoisotopic (exact) mass is 1030 g/mol. The molecule has 9 heteroatoms. The molecule has 0 aromatic rings. The number of allylic oxidation sites excluding steroid dienone is 6. The van der Waals surface area contributed by atoms with Gasteiger partial charge in [0.1, 0.15) is 13.2 Å². The maximum absolute atomic E-state index is 12.8. The molecule has 0 bridgehead atoms. The van der Waals surface area contributed by atoms with Crippen LogP contribution in [0.25, 0.3) is 0 Å². The molecule has 0 aliphatic rings. The molecule has 9 nitrogen and oxygen atoms in total. The normalized spacial score (nSPS) is 12.9. The van der Waals surface area contributed by atoms with E-state index in [-0.39, 0.29) is 32.2 Å². The zero-order chi connectivity index (χ0) is 53.4. The van der Waals surface area contributed by atoms with Crippen LogP contribution in [0.5, 0.6) is 0 Å². The van der Waals surface area contributed by atoms with E-state index in [0.717, 1.165) is 64.2 Å². The van der Waals surface area contributed by atoms with Crippen LogP contribution in [-0.2, 0) is 33.3 Å². The number of likely N-dealkylation sites (N-methyl/N-ethyl adjacent to an activating group) is 1. The second-order valence-corrected chi connectivity index (χ2v) is 22.3. The Morgan fingerprint density at radius 2 is 0.781 bits per heavy atom. The van der Waals surface area contributed by atoms with E-state index in [0.29, 0.717) is 23.9 Å². The number of nitrogens with zero attached hydrogens (tertiary/aromatic N) is 1. The number of hydrogen-bond donors (Lipinski definition) is 0. The van der Waals surface area contributed by atoms with Gasteiger partial charge in [-0.2, -0.15) is 0 Å². The number of carboxylic acids is 1. The molecular weight excluding hydrogens is 911 g/mol. The number of carbonyl (C=O) groups excluding carboxylic acids is 3. The van der Waals surface area contributed by atoms with Crippen molar-refractivity contribution in [3.05, 3.63) is 36.5 Å². The van der Waals surface area contributed by atoms with Crippen molar-refractivity contribution in [3.63, 3.8) is 0 Å². The van der Waals surface area contributed by atoms with Crippen LogP contribution in [0.4, 0.5) is 0 Å². The van der Waals surface area contributed by atoms with Gasteiger partial charge in [0.15, 0.2) is 12.4 Å². The predicted octanol–water partition coefficient (Wildman–Crippen LogP) is 17.1. The number of unbranched alkanes of at least 4 members (excludes halogenated alkanes) is 37. The molecule has 0 aromatic heterocycles. The smallest absolute Gasteiger partial charge is 0.306 e. The van der Waals surface area contributed by atoms with Crippen LogP contribution in [0, 0.1) is 0 Å². The lowest BCUT2D eigenvalue weighted by atomic mass is 10.0. The number of carbonyl (C=O) groups is 3. The summed E-state index contributed by atoms with van der Waals surface area (Å²) in [6.45, 7) is 4.67. The van der Waals surface area contributed by atoms with Crippen LogP contribution in [0.15, 0.2) is 36.5 Å². The molecule has 2 atom stereocenters. The fourth-order valence-electron chi connectivity index (χ4n) is 9.14. The van der Waals surface area contributed by atoms with Crippen molar-refractivity contribution in [2.75, 3.05) is 47.5 Å². The molecule has 0 N–H and O–H groups in total. The van der Waals surface area contributed by atoms with Crippen molar-refractivity contribution in [2.24, 2.45) is 0 Å². The van der Waals surface area contributed by atoms with Gasteiger partial charge >= 0.3 is 11.9 Å². The largest absolute Gasteiger partial charge is 0.545 e. The van der Waals surface area contributed by atoms with E-state index in [9.17, 15) is 19.5 Å². The van der Waals surface area contributed by atoms with Crippen molar-refractivity contribution in [2.45, 2.75) is 309 Å². The summed E-state index contributed by atoms with van der Waals surface area (Å²) in [5.41, 5.74) is 0. The Balaban J connectivity index is 4.07. The SMILES string of the molecule is CC/C=C\C/C=C\C/C=C\CCCCCCCCCC(=O)OC(COC(=O)CCCCCCCCCCCCCCCCCCCCCCCCCCCCCCCCC)COC(OCC[N+](C)(C)C)C(=O)[O-]. The molecular formula is C64H119NO8. The van der Waals surface area contributed by atoms with Crippen LogP contribution in [0.2, 0.25) is 0 Å². The van der Waals surface area contributed by atoms with E-state index in [4.69, 9.17) is 18.9 Å². The van der Waals surface area contributed by atoms with Crippen LogP contribution < -0.4 is 5.11 Å². The molecule has 0 saturated heterocycles. The maximum Gasteiger partial charge on any atom is 0.306 e. The zero-order valence-electron chi connectivity index (χ0n) is 48.8. The number of hydrogen-bond acceptors (Lipinski definition) is 8. The molecule has 0 aliphatic carbocycles. The van der Waals surface area contributed by atoms with Gasteiger partial charge in [0, 0.05) is 12.8 Å². The highest BCUT2D eigenvalue weighted by Gasteiger charge is 2.22. The summed E-state index contributed by atoms with van der Waals surface area (Å²) >= 11 is 0. The first-order chi connectivity index (χ1) is 35.6. The van der Waals surface area contributed by atoms with Crippen LogP contribution in [-0.4, -0.2) is 82.3 Å². The quantitative estimate of drug-likeness (QED) is 0.0195. The molecule has 0 saturated carbocycles. The lowest BCUT2D eigenvalue weighted by molar-refractivity contribution is -0.870. The molecule has 73 heavy (non-hydrogen) atoms. The van der Waals surface area contributed by atoms with Gasteiger partial charge in [-0.1, -0.05) is 275 Å². The predicted molar refractivity (Wildman–Crippen MR) is 306 cm³/mol. The van der Waals surface area contributed by atoms with E-state index in [2.05, 4.69) is 50.3 Å². The number of quaternary nitrogens is 1. The van der Waals surface area contributed by atoms with Gasteiger partial charge in [0.25, 0.3) is 0 Å². The van der Waals surface area contributed by atoms with Crippen LogP contribution >= 0.6 is 0 Å². The molecule has 0 heterocycles. The lowest BCUT2D eigenvalue weighted by Crippen LogP contribution is -2.44. The third kappa shape index (κ3) is 57.1. The molecule has 0 rings (SSSR count). The first-order valence-electron chi connectivity index (χ1n) is 31.1. The van der Waals surface area contributed by atoms with Gasteiger partial charge in [-0.3, -0.25) is 9.59 Å². The molecule has 0 amide bonds. The fraction of sp³-hybridized carbons (Fsp3) is 0.859. The first-order valence-corrected chi connectivity index (χ1v) is 31.1. The van der Waals surface area contributed by atoms with Crippen molar-refractivity contribution in [1.82, 2.24) is 0 Å². The number of ether oxygens (including phenoxy) is 4. The summed E-state index contributed by atoms with van der Waals surface area (Å²) in [5.74, 6) is -2.28. The number of esters is 2. The molecule has 428 valence electrons. The minimum Gasteiger partial charge on any atom is -0.545 e. The Morgan fingerprint density at radius 1 is 0.425 bits per heavy atom. The summed E-state index contributed by atoms with van der Waals surface area (Å²) in [4.78, 5) is 37.3. The molecule has 0 aliphatic heterocycles. The third-order valence-corrected chi connectivity index (χ3v) is 13.9. The second-order valence-electron chi connectivity index (χ2n) is 22.3. The average molecular weight is 1030 g/mol. The molecule has 0 radical (unpaired) electrons. The van der Waals surface area contributed by atoms with Gasteiger partial charge in [0.05, 0.1) is 40.3 Å². The van der Waals surface area contributed by atoms with Crippen molar-refractivity contribution >= 4 is 17.9 Å². The second kappa shape index (κ2) is 55.7. The van der Waals surface area contributed by atoms with Gasteiger partial charge < -0.3 is 33.3 Å². The highest BCUT2D eigenvalue weighted by atomic mass is 16.7. The highest BCUT2D eigenvalue weighted by Crippen LogP contribution is 2.18. The summed E-state index contributed by atoms with van der Waals surface area (Å²) in [5, 5.41) is 11.8. The van der Waals surface area contributed by atoms with Gasteiger partial charge in [0.2, 0.25) is 0 Å². The summed E-state index contributed by atoms with van der Waals surface area (Å²) in [7, 11) is 5.92. The molecule has 0 fully saturated rings. The van der Waals surface area contributed by atoms with E-state index in [1.165, 1.54) is 199 Å². The molecule has 2 unspecified atom stereocenters. The highest BCUT2D eigenvalue weighted by molar-refractivity contribution is 5.70. The average Bonchev–Trinajstić information content (AvgIpc) is 3.36. The standard InChI is InChI=1S/C64H119NO8/c1-6-8-10-12-14-16-18-20-22-24-25-26-27-28-29-30-31-32-33-34-35-36-37-39-40-42-44-46-48-50-52-54-61(66)71-58-60(59-72-64(63(68)69)70-57-56-65(3,4)5)73-62(67)55-53-51-49-47-45-43-41-38-23-21-19-17-15-13-11-9-7-2/h9,11,15,17,21,23,60,64H,6-8,10,12-14,16,18-20,22,24-59H2,1-5H3/b11-9-,17-15-,23-21-. The third-order valence-electron chi connectivity index (χ3n) is 13.9. The molecule has 0 aromatic carbocycles. The maximum atomic E-state index is 12.8. The molecule has 0 spiro atoms. The van der Waals surface area contributed by atoms with E-state index >= 15 is 0 Å². The summed E-state index contributed by atoms with van der Waals surface area (Å²) < 4.78 is 22.7. The van der Waals surface area contributed by atoms with Gasteiger partial charge in [-0.25, -0.2) is 0 Å². The van der Waals surface area contributed by atoms with Crippen LogP contribution in [0.3, 0.4) is 0 Å². The minimum absolute atomic E-state index is 0.147. The minimum atomic E-state index is -1.62. The van der Waals surface area contributed by atoms with Crippen molar-refractivity contribution in [1.29, 1.82) is 0 Å². The number of carboxylic acid groups (broad SMARTS) is 1. The zero-order valence-corrected chi connectivity index (χ0v) is 48.8. The topological polar surface area (TPSA) is 111 Å². The summed E-state index contributed by atoms with van der Waals surface area (Å²) in [6.07, 6.45) is 65.1. The number of rotatable bonds is 58. The first kappa shape index (κ1) is 70.5. The van der Waals surface area contributed by atoms with Crippen LogP contribution in [0.1, 0.15) is 296 Å². The van der Waals surface area contributed by atoms with Crippen molar-refractivity contribution < 1.29 is 42.9 Å². The number of aliphatic carboxylic acids is 1. The Kier molecular flexibility index (Phi) is 53.8. The Hall–Kier alpha value is -2.49. The van der Waals surface area contributed by atoms with E-state index < -0.39 is 24.3 Å². The van der Waals surface area contributed by atoms with E-state index in [1.807, 2.05) is 21.1 Å². The van der Waals surface area contributed by atoms with E-state index in [1.54, 1.807) is 0 Å². The van der Waals surface area contributed by atoms with Gasteiger partial charge in [-0.05, 0) is 44.9 Å². The lowest BCUT2D eigenvalue weighted by Gasteiger charge is -2.26. The Morgan fingerprint density at radius 3 is 1.16 bits per heavy atom. The Labute approximate surface area is 451 Å². The Bertz CT molecular complexity index is 1290. The van der Waals surface area contributed by atoms with Gasteiger partial charge in [-0.15, -0.1) is 0 Å².